The van der Waals surface area contributed by atoms with E-state index in [9.17, 15) is 14.0 Å². The monoisotopic (exact) mass is 312 g/mol. The van der Waals surface area contributed by atoms with Crippen LogP contribution in [0.25, 0.3) is 0 Å². The van der Waals surface area contributed by atoms with E-state index < -0.39 is 11.7 Å². The van der Waals surface area contributed by atoms with Crippen LogP contribution in [0.3, 0.4) is 0 Å². The van der Waals surface area contributed by atoms with Crippen molar-refractivity contribution in [3.63, 3.8) is 0 Å². The first-order valence-electron chi connectivity index (χ1n) is 6.75. The molecule has 4 nitrogen and oxygen atoms in total. The Bertz CT molecular complexity index is 563. The van der Waals surface area contributed by atoms with Crippen LogP contribution in [0, 0.1) is 5.82 Å². The Hall–Kier alpha value is -1.62. The van der Waals surface area contributed by atoms with Gasteiger partial charge in [-0.15, -0.1) is 0 Å². The highest BCUT2D eigenvalue weighted by molar-refractivity contribution is 6.33. The summed E-state index contributed by atoms with van der Waals surface area (Å²) in [5.41, 5.74) is -0.479. The van der Waals surface area contributed by atoms with Gasteiger partial charge >= 0.3 is 0 Å². The quantitative estimate of drug-likeness (QED) is 0.912. The zero-order valence-electron chi connectivity index (χ0n) is 12.2. The van der Waals surface area contributed by atoms with Gasteiger partial charge in [0.15, 0.2) is 0 Å². The van der Waals surface area contributed by atoms with Gasteiger partial charge in [0.2, 0.25) is 5.91 Å². The maximum atomic E-state index is 13.7. The van der Waals surface area contributed by atoms with Crippen molar-refractivity contribution in [2.75, 3.05) is 6.54 Å². The van der Waals surface area contributed by atoms with Crippen LogP contribution < -0.4 is 5.32 Å². The minimum Gasteiger partial charge on any atom is -0.347 e. The predicted molar refractivity (Wildman–Crippen MR) is 78.7 cm³/mol. The molecule has 2 rings (SSSR count). The normalized spacial score (nSPS) is 19.0. The lowest BCUT2D eigenvalue weighted by Crippen LogP contribution is -2.44. The Kier molecular flexibility index (Phi) is 4.23. The largest absolute Gasteiger partial charge is 0.347 e. The van der Waals surface area contributed by atoms with Crippen molar-refractivity contribution in [3.05, 3.63) is 34.6 Å². The maximum Gasteiger partial charge on any atom is 0.256 e. The predicted octanol–water partition coefficient (Wildman–Crippen LogP) is 2.61. The van der Waals surface area contributed by atoms with E-state index in [-0.39, 0.29) is 34.5 Å². The Balaban J connectivity index is 2.10. The van der Waals surface area contributed by atoms with Crippen molar-refractivity contribution in [1.82, 2.24) is 10.2 Å². The fourth-order valence-corrected chi connectivity index (χ4v) is 2.67. The maximum absolute atomic E-state index is 13.7. The van der Waals surface area contributed by atoms with E-state index in [1.165, 1.54) is 18.2 Å². The summed E-state index contributed by atoms with van der Waals surface area (Å²) in [5.74, 6) is -1.28. The van der Waals surface area contributed by atoms with Gasteiger partial charge in [-0.3, -0.25) is 9.59 Å². The Morgan fingerprint density at radius 1 is 1.43 bits per heavy atom. The molecule has 1 aliphatic rings. The number of carbonyl (C=O) groups is 2. The smallest absolute Gasteiger partial charge is 0.256 e. The van der Waals surface area contributed by atoms with Crippen molar-refractivity contribution >= 4 is 23.4 Å². The van der Waals surface area contributed by atoms with Crippen molar-refractivity contribution < 1.29 is 14.0 Å². The van der Waals surface area contributed by atoms with Crippen LogP contribution in [-0.2, 0) is 4.79 Å². The lowest BCUT2D eigenvalue weighted by Gasteiger charge is -2.32. The number of nitrogens with zero attached hydrogens (tertiary/aromatic N) is 1. The molecule has 2 amide bonds. The summed E-state index contributed by atoms with van der Waals surface area (Å²) in [7, 11) is 0. The molecule has 0 aliphatic carbocycles. The SMILES string of the molecule is CC(C)(C)N1CC(NC(=O)c2c(F)cccc2Cl)CC1=O. The summed E-state index contributed by atoms with van der Waals surface area (Å²) < 4.78 is 13.7. The fourth-order valence-electron chi connectivity index (χ4n) is 2.42. The molecule has 1 aromatic carbocycles. The van der Waals surface area contributed by atoms with Crippen LogP contribution in [0.5, 0.6) is 0 Å². The lowest BCUT2D eigenvalue weighted by atomic mass is 10.1. The standard InChI is InChI=1S/C15H18ClFN2O2/c1-15(2,3)19-8-9(7-12(19)20)18-14(21)13-10(16)5-4-6-11(13)17/h4-6,9H,7-8H2,1-3H3,(H,18,21). The molecule has 6 heteroatoms. The molecular formula is C15H18ClFN2O2. The number of benzene rings is 1. The van der Waals surface area contributed by atoms with E-state index in [1.807, 2.05) is 20.8 Å². The minimum atomic E-state index is -0.669. The molecule has 0 bridgehead atoms. The first kappa shape index (κ1) is 15.8. The van der Waals surface area contributed by atoms with Gasteiger partial charge in [0.25, 0.3) is 5.91 Å². The van der Waals surface area contributed by atoms with Gasteiger partial charge in [-0.25, -0.2) is 4.39 Å². The molecule has 1 unspecified atom stereocenters. The average Bonchev–Trinajstić information content (AvgIpc) is 2.69. The van der Waals surface area contributed by atoms with E-state index in [1.54, 1.807) is 4.90 Å². The van der Waals surface area contributed by atoms with Crippen LogP contribution in [0.15, 0.2) is 18.2 Å². The molecule has 0 aromatic heterocycles. The van der Waals surface area contributed by atoms with E-state index in [2.05, 4.69) is 5.32 Å². The molecule has 21 heavy (non-hydrogen) atoms. The molecule has 1 heterocycles. The van der Waals surface area contributed by atoms with Gasteiger partial charge in [-0.1, -0.05) is 17.7 Å². The van der Waals surface area contributed by atoms with Gasteiger partial charge in [0.1, 0.15) is 5.82 Å². The Morgan fingerprint density at radius 2 is 2.10 bits per heavy atom. The van der Waals surface area contributed by atoms with Crippen LogP contribution in [-0.4, -0.2) is 34.8 Å². The summed E-state index contributed by atoms with van der Waals surface area (Å²) in [6.45, 7) is 6.22. The first-order valence-corrected chi connectivity index (χ1v) is 7.13. The second-order valence-electron chi connectivity index (χ2n) is 6.15. The molecule has 1 N–H and O–H groups in total. The second-order valence-corrected chi connectivity index (χ2v) is 6.55. The molecule has 1 aliphatic heterocycles. The number of halogens is 2. The Morgan fingerprint density at radius 3 is 2.62 bits per heavy atom. The first-order chi connectivity index (χ1) is 9.70. The molecule has 0 radical (unpaired) electrons. The molecule has 1 saturated heterocycles. The summed E-state index contributed by atoms with van der Waals surface area (Å²) >= 11 is 5.86. The third-order valence-corrected chi connectivity index (χ3v) is 3.77. The third-order valence-electron chi connectivity index (χ3n) is 3.46. The average molecular weight is 313 g/mol. The molecular weight excluding hydrogens is 295 g/mol. The third kappa shape index (κ3) is 3.35. The number of hydrogen-bond acceptors (Lipinski definition) is 2. The van der Waals surface area contributed by atoms with Crippen LogP contribution in [0.1, 0.15) is 37.6 Å². The van der Waals surface area contributed by atoms with Gasteiger partial charge in [0.05, 0.1) is 16.6 Å². The summed E-state index contributed by atoms with van der Waals surface area (Å²) in [5, 5.41) is 2.74. The van der Waals surface area contributed by atoms with Crippen LogP contribution >= 0.6 is 11.6 Å². The van der Waals surface area contributed by atoms with Crippen molar-refractivity contribution in [3.8, 4) is 0 Å². The Labute approximate surface area is 128 Å². The van der Waals surface area contributed by atoms with Gasteiger partial charge in [-0.05, 0) is 32.9 Å². The van der Waals surface area contributed by atoms with Crippen molar-refractivity contribution in [1.29, 1.82) is 0 Å². The minimum absolute atomic E-state index is 0.0209. The fraction of sp³-hybridized carbons (Fsp3) is 0.467. The lowest BCUT2D eigenvalue weighted by molar-refractivity contribution is -0.131. The zero-order valence-corrected chi connectivity index (χ0v) is 13.0. The molecule has 1 aromatic rings. The van der Waals surface area contributed by atoms with E-state index in [0.717, 1.165) is 0 Å². The van der Waals surface area contributed by atoms with E-state index in [4.69, 9.17) is 11.6 Å². The van der Waals surface area contributed by atoms with Crippen LogP contribution in [0.4, 0.5) is 4.39 Å². The van der Waals surface area contributed by atoms with E-state index >= 15 is 0 Å². The van der Waals surface area contributed by atoms with Gasteiger partial charge in [0, 0.05) is 18.5 Å². The number of hydrogen-bond donors (Lipinski definition) is 1. The number of nitrogens with one attached hydrogen (secondary N) is 1. The number of carbonyl (C=O) groups excluding carboxylic acids is 2. The molecule has 0 spiro atoms. The number of likely N-dealkylation sites (tertiary alicyclic amines) is 1. The summed E-state index contributed by atoms with van der Waals surface area (Å²) in [6, 6.07) is 3.75. The second kappa shape index (κ2) is 5.64. The number of amides is 2. The van der Waals surface area contributed by atoms with Crippen LogP contribution in [0.2, 0.25) is 5.02 Å². The molecule has 1 fully saturated rings. The topological polar surface area (TPSA) is 49.4 Å². The summed E-state index contributed by atoms with van der Waals surface area (Å²) in [6.07, 6.45) is 0.217. The molecule has 1 atom stereocenters. The highest BCUT2D eigenvalue weighted by Gasteiger charge is 2.37. The molecule has 114 valence electrons. The van der Waals surface area contributed by atoms with Crippen molar-refractivity contribution in [2.24, 2.45) is 0 Å². The summed E-state index contributed by atoms with van der Waals surface area (Å²) in [4.78, 5) is 25.8. The van der Waals surface area contributed by atoms with Gasteiger partial charge < -0.3 is 10.2 Å². The highest BCUT2D eigenvalue weighted by atomic mass is 35.5. The van der Waals surface area contributed by atoms with Gasteiger partial charge in [-0.2, -0.15) is 0 Å². The van der Waals surface area contributed by atoms with Crippen molar-refractivity contribution in [2.45, 2.75) is 38.8 Å². The zero-order chi connectivity index (χ0) is 15.8. The van der Waals surface area contributed by atoms with E-state index in [0.29, 0.717) is 6.54 Å². The number of rotatable bonds is 2. The molecule has 0 saturated carbocycles. The highest BCUT2D eigenvalue weighted by Crippen LogP contribution is 2.23.